The molecule has 0 bridgehead atoms. The molecule has 6 heteroatoms. The number of hydrogen-bond acceptors (Lipinski definition) is 5. The fraction of sp³-hybridized carbons (Fsp3) is 0.523. The number of likely N-dealkylation sites (tertiary alicyclic amines) is 1. The number of ether oxygens (including phenoxy) is 3. The van der Waals surface area contributed by atoms with Gasteiger partial charge in [-0.3, -0.25) is 4.79 Å². The standard InChI is InChI=1S/C44H61NO5/c1-4-5-6-7-8-9-10-11-12-13-14-15-16-17-21-24-43(47)45-34-40(46)33-39(45)35-50-44(36-22-19-18-20-23-36,37-25-29-41(48-2)30-26-37)38-27-31-42(49-3)32-28-38/h11-12,18-20,22-23,25-32,39-40,46H,4-10,13-17,21,24,33-35H2,1-3H3/b12-11-/t39-,40+/m0/s1. The van der Waals surface area contributed by atoms with Crippen LogP contribution in [0.15, 0.2) is 91.0 Å². The van der Waals surface area contributed by atoms with Crippen molar-refractivity contribution in [1.29, 1.82) is 0 Å². The maximum Gasteiger partial charge on any atom is 0.222 e. The molecule has 0 saturated carbocycles. The molecule has 0 radical (unpaired) electrons. The fourth-order valence-electron chi connectivity index (χ4n) is 7.14. The number of allylic oxidation sites excluding steroid dienone is 2. The molecule has 3 aromatic carbocycles. The van der Waals surface area contributed by atoms with Crippen molar-refractivity contribution in [2.45, 2.75) is 121 Å². The van der Waals surface area contributed by atoms with Crippen LogP contribution in [0.1, 0.15) is 120 Å². The SMILES string of the molecule is CCCCCCCC/C=C\CCCCCCCC(=O)N1C[C@H](O)C[C@H]1COC(c1ccccc1)(c1ccc(OC)cc1)c1ccc(OC)cc1. The summed E-state index contributed by atoms with van der Waals surface area (Å²) in [5.74, 6) is 1.63. The molecule has 272 valence electrons. The molecule has 1 N–H and O–H groups in total. The number of rotatable bonds is 23. The summed E-state index contributed by atoms with van der Waals surface area (Å²) in [6, 6.07) is 25.9. The maximum absolute atomic E-state index is 13.5. The highest BCUT2D eigenvalue weighted by Gasteiger charge is 2.41. The molecule has 6 nitrogen and oxygen atoms in total. The maximum atomic E-state index is 13.5. The van der Waals surface area contributed by atoms with E-state index < -0.39 is 11.7 Å². The Morgan fingerprint density at radius 2 is 1.22 bits per heavy atom. The predicted octanol–water partition coefficient (Wildman–Crippen LogP) is 10.0. The molecular formula is C44H61NO5. The molecule has 1 heterocycles. The summed E-state index contributed by atoms with van der Waals surface area (Å²) < 4.78 is 18.0. The lowest BCUT2D eigenvalue weighted by atomic mass is 9.80. The Morgan fingerprint density at radius 1 is 0.720 bits per heavy atom. The Labute approximate surface area is 301 Å². The lowest BCUT2D eigenvalue weighted by molar-refractivity contribution is -0.134. The van der Waals surface area contributed by atoms with E-state index in [0.29, 0.717) is 19.4 Å². The Balaban J connectivity index is 1.34. The van der Waals surface area contributed by atoms with Crippen LogP contribution in [0.25, 0.3) is 0 Å². The topological polar surface area (TPSA) is 68.2 Å². The number of carbonyl (C=O) groups is 1. The van der Waals surface area contributed by atoms with Gasteiger partial charge in [0.25, 0.3) is 0 Å². The Bertz CT molecular complexity index is 1340. The van der Waals surface area contributed by atoms with Gasteiger partial charge < -0.3 is 24.2 Å². The van der Waals surface area contributed by atoms with Crippen LogP contribution >= 0.6 is 0 Å². The highest BCUT2D eigenvalue weighted by atomic mass is 16.5. The van der Waals surface area contributed by atoms with Gasteiger partial charge in [0.1, 0.15) is 17.1 Å². The number of unbranched alkanes of at least 4 members (excludes halogenated alkanes) is 11. The van der Waals surface area contributed by atoms with Crippen molar-refractivity contribution in [3.63, 3.8) is 0 Å². The Hall–Kier alpha value is -3.61. The molecule has 0 aromatic heterocycles. The number of β-amino-alcohol motifs (C(OH)–C–C–N with tert-alkyl or cyclic N) is 1. The van der Waals surface area contributed by atoms with Crippen molar-refractivity contribution in [2.75, 3.05) is 27.4 Å². The van der Waals surface area contributed by atoms with E-state index in [1.807, 2.05) is 71.6 Å². The first kappa shape index (κ1) is 39.2. The summed E-state index contributed by atoms with van der Waals surface area (Å²) in [4.78, 5) is 15.4. The largest absolute Gasteiger partial charge is 0.497 e. The van der Waals surface area contributed by atoms with Crippen molar-refractivity contribution in [3.8, 4) is 11.5 Å². The minimum absolute atomic E-state index is 0.104. The second kappa shape index (κ2) is 21.6. The highest BCUT2D eigenvalue weighted by molar-refractivity contribution is 5.77. The number of methoxy groups -OCH3 is 2. The third-order valence-electron chi connectivity index (χ3n) is 10.0. The van der Waals surface area contributed by atoms with Gasteiger partial charge in [0.2, 0.25) is 5.91 Å². The first-order chi connectivity index (χ1) is 24.5. The van der Waals surface area contributed by atoms with Gasteiger partial charge in [0.05, 0.1) is 33.0 Å². The van der Waals surface area contributed by atoms with Crippen LogP contribution in [0.3, 0.4) is 0 Å². The normalized spacial score (nSPS) is 16.3. The number of nitrogens with zero attached hydrogens (tertiary/aromatic N) is 1. The van der Waals surface area contributed by atoms with Gasteiger partial charge >= 0.3 is 0 Å². The molecule has 1 amide bonds. The van der Waals surface area contributed by atoms with E-state index in [1.54, 1.807) is 14.2 Å². The van der Waals surface area contributed by atoms with Crippen molar-refractivity contribution >= 4 is 5.91 Å². The molecule has 4 rings (SSSR count). The average Bonchev–Trinajstić information content (AvgIpc) is 3.54. The number of amides is 1. The molecule has 3 aromatic rings. The number of benzene rings is 3. The van der Waals surface area contributed by atoms with Gasteiger partial charge in [0, 0.05) is 13.0 Å². The van der Waals surface area contributed by atoms with Gasteiger partial charge in [-0.15, -0.1) is 0 Å². The fourth-order valence-corrected chi connectivity index (χ4v) is 7.14. The van der Waals surface area contributed by atoms with Crippen molar-refractivity contribution in [1.82, 2.24) is 4.90 Å². The van der Waals surface area contributed by atoms with Crippen LogP contribution in [0, 0.1) is 0 Å². The molecule has 1 aliphatic heterocycles. The molecular weight excluding hydrogens is 622 g/mol. The Morgan fingerprint density at radius 3 is 1.76 bits per heavy atom. The zero-order valence-electron chi connectivity index (χ0n) is 30.9. The van der Waals surface area contributed by atoms with Gasteiger partial charge in [-0.1, -0.05) is 125 Å². The van der Waals surface area contributed by atoms with Crippen molar-refractivity contribution < 1.29 is 24.1 Å². The molecule has 0 unspecified atom stereocenters. The third-order valence-corrected chi connectivity index (χ3v) is 10.0. The van der Waals surface area contributed by atoms with Gasteiger partial charge in [-0.25, -0.2) is 0 Å². The van der Waals surface area contributed by atoms with Crippen LogP contribution in [0.4, 0.5) is 0 Å². The highest BCUT2D eigenvalue weighted by Crippen LogP contribution is 2.42. The molecule has 0 spiro atoms. The first-order valence-corrected chi connectivity index (χ1v) is 19.1. The van der Waals surface area contributed by atoms with Crippen molar-refractivity contribution in [3.05, 3.63) is 108 Å². The minimum atomic E-state index is -0.967. The third kappa shape index (κ3) is 11.5. The van der Waals surface area contributed by atoms with E-state index in [4.69, 9.17) is 14.2 Å². The average molecular weight is 684 g/mol. The minimum Gasteiger partial charge on any atom is -0.497 e. The zero-order chi connectivity index (χ0) is 35.4. The summed E-state index contributed by atoms with van der Waals surface area (Å²) in [7, 11) is 3.32. The van der Waals surface area contributed by atoms with Crippen LogP contribution in [-0.4, -0.2) is 55.4 Å². The summed E-state index contributed by atoms with van der Waals surface area (Å²) in [5.41, 5.74) is 1.89. The van der Waals surface area contributed by atoms with E-state index in [1.165, 1.54) is 57.8 Å². The van der Waals surface area contributed by atoms with Crippen molar-refractivity contribution in [2.24, 2.45) is 0 Å². The van der Waals surface area contributed by atoms with Crippen LogP contribution < -0.4 is 9.47 Å². The smallest absolute Gasteiger partial charge is 0.222 e. The molecule has 50 heavy (non-hydrogen) atoms. The summed E-state index contributed by atoms with van der Waals surface area (Å²) in [6.07, 6.45) is 21.1. The van der Waals surface area contributed by atoms with Gasteiger partial charge in [-0.2, -0.15) is 0 Å². The van der Waals surface area contributed by atoms with Crippen LogP contribution in [-0.2, 0) is 15.1 Å². The second-order valence-corrected chi connectivity index (χ2v) is 13.7. The molecule has 1 saturated heterocycles. The lowest BCUT2D eigenvalue weighted by Gasteiger charge is -2.38. The molecule has 2 atom stereocenters. The summed E-state index contributed by atoms with van der Waals surface area (Å²) in [6.45, 7) is 2.89. The predicted molar refractivity (Wildman–Crippen MR) is 204 cm³/mol. The monoisotopic (exact) mass is 683 g/mol. The Kier molecular flexibility index (Phi) is 16.9. The van der Waals surface area contributed by atoms with Crippen LogP contribution in [0.5, 0.6) is 11.5 Å². The number of aliphatic hydroxyl groups excluding tert-OH is 1. The molecule has 0 aliphatic carbocycles. The van der Waals surface area contributed by atoms with E-state index in [-0.39, 0.29) is 18.6 Å². The van der Waals surface area contributed by atoms with E-state index in [2.05, 4.69) is 31.2 Å². The van der Waals surface area contributed by atoms with E-state index in [0.717, 1.165) is 53.9 Å². The lowest BCUT2D eigenvalue weighted by Crippen LogP contribution is -2.42. The first-order valence-electron chi connectivity index (χ1n) is 19.1. The quantitative estimate of drug-likeness (QED) is 0.0612. The molecule has 1 fully saturated rings. The van der Waals surface area contributed by atoms with Crippen LogP contribution in [0.2, 0.25) is 0 Å². The number of carbonyl (C=O) groups excluding carboxylic acids is 1. The van der Waals surface area contributed by atoms with Gasteiger partial charge in [-0.05, 0) is 79.5 Å². The second-order valence-electron chi connectivity index (χ2n) is 13.7. The zero-order valence-corrected chi connectivity index (χ0v) is 30.9. The van der Waals surface area contributed by atoms with E-state index in [9.17, 15) is 9.90 Å². The summed E-state index contributed by atoms with van der Waals surface area (Å²) >= 11 is 0. The van der Waals surface area contributed by atoms with Gasteiger partial charge in [0.15, 0.2) is 0 Å². The summed E-state index contributed by atoms with van der Waals surface area (Å²) in [5, 5.41) is 10.7. The van der Waals surface area contributed by atoms with E-state index >= 15 is 0 Å². The number of hydrogen-bond donors (Lipinski definition) is 1. The molecule has 1 aliphatic rings. The number of aliphatic hydroxyl groups is 1.